The highest BCUT2D eigenvalue weighted by atomic mass is 32.1. The molecule has 0 spiro atoms. The fourth-order valence-corrected chi connectivity index (χ4v) is 2.17. The molecular weight excluding hydrogens is 232 g/mol. The lowest BCUT2D eigenvalue weighted by Crippen LogP contribution is -2.30. The second-order valence-corrected chi connectivity index (χ2v) is 4.86. The molecule has 2 heterocycles. The average molecular weight is 248 g/mol. The molecule has 0 saturated heterocycles. The molecule has 1 atom stereocenters. The summed E-state index contributed by atoms with van der Waals surface area (Å²) < 4.78 is 0. The third kappa shape index (κ3) is 3.57. The van der Waals surface area contributed by atoms with Gasteiger partial charge in [-0.25, -0.2) is 4.98 Å². The summed E-state index contributed by atoms with van der Waals surface area (Å²) in [7, 11) is 2.11. The molecule has 0 N–H and O–H groups in total. The lowest BCUT2D eigenvalue weighted by atomic mass is 10.1. The zero-order valence-electron chi connectivity index (χ0n) is 10.1. The number of nitrogens with zero attached hydrogens (tertiary/aromatic N) is 4. The Hall–Kier alpha value is -1.33. The van der Waals surface area contributed by atoms with Crippen molar-refractivity contribution in [2.75, 3.05) is 7.05 Å². The van der Waals surface area contributed by atoms with Crippen LogP contribution in [-0.4, -0.2) is 32.9 Å². The first kappa shape index (κ1) is 12.1. The van der Waals surface area contributed by atoms with Crippen LogP contribution in [0.1, 0.15) is 18.3 Å². The highest BCUT2D eigenvalue weighted by Crippen LogP contribution is 2.09. The molecule has 0 aliphatic heterocycles. The number of rotatable bonds is 5. The third-order valence-corrected chi connectivity index (χ3v) is 3.40. The fraction of sp³-hybridized carbons (Fsp3) is 0.417. The van der Waals surface area contributed by atoms with E-state index in [-0.39, 0.29) is 0 Å². The molecule has 0 unspecified atom stereocenters. The van der Waals surface area contributed by atoms with Gasteiger partial charge in [0.15, 0.2) is 0 Å². The molecule has 0 aliphatic carbocycles. The van der Waals surface area contributed by atoms with Crippen LogP contribution in [0.15, 0.2) is 29.5 Å². The second-order valence-electron chi connectivity index (χ2n) is 4.14. The quantitative estimate of drug-likeness (QED) is 0.811. The van der Waals surface area contributed by atoms with E-state index in [4.69, 9.17) is 0 Å². The van der Waals surface area contributed by atoms with Gasteiger partial charge in [-0.15, -0.1) is 11.3 Å². The minimum atomic E-state index is 0.424. The highest BCUT2D eigenvalue weighted by Gasteiger charge is 2.11. The molecule has 2 rings (SSSR count). The molecule has 0 bridgehead atoms. The summed E-state index contributed by atoms with van der Waals surface area (Å²) in [4.78, 5) is 15.0. The zero-order chi connectivity index (χ0) is 12.1. The summed E-state index contributed by atoms with van der Waals surface area (Å²) in [5.41, 5.74) is 4.03. The van der Waals surface area contributed by atoms with Gasteiger partial charge in [0.25, 0.3) is 0 Å². The monoisotopic (exact) mass is 248 g/mol. The van der Waals surface area contributed by atoms with Crippen molar-refractivity contribution in [2.45, 2.75) is 25.9 Å². The molecule has 5 heteroatoms. The van der Waals surface area contributed by atoms with Crippen LogP contribution >= 0.6 is 11.3 Å². The first-order valence-electron chi connectivity index (χ1n) is 5.58. The van der Waals surface area contributed by atoms with E-state index >= 15 is 0 Å². The maximum Gasteiger partial charge on any atom is 0.0795 e. The van der Waals surface area contributed by atoms with E-state index < -0.39 is 0 Å². The van der Waals surface area contributed by atoms with Crippen LogP contribution < -0.4 is 0 Å². The SMILES string of the molecule is C[C@@H](Cc1cnccn1)N(C)Cc1cscn1. The van der Waals surface area contributed by atoms with Crippen molar-refractivity contribution in [2.24, 2.45) is 0 Å². The Morgan fingerprint density at radius 2 is 2.18 bits per heavy atom. The van der Waals surface area contributed by atoms with Gasteiger partial charge in [0.2, 0.25) is 0 Å². The maximum absolute atomic E-state index is 4.30. The van der Waals surface area contributed by atoms with Gasteiger partial charge in [0.05, 0.1) is 16.9 Å². The molecule has 0 radical (unpaired) electrons. The molecule has 2 aromatic rings. The Bertz CT molecular complexity index is 429. The summed E-state index contributed by atoms with van der Waals surface area (Å²) in [6.45, 7) is 3.08. The Morgan fingerprint density at radius 3 is 2.82 bits per heavy atom. The average Bonchev–Trinajstić information content (AvgIpc) is 2.83. The van der Waals surface area contributed by atoms with Crippen molar-refractivity contribution in [3.8, 4) is 0 Å². The smallest absolute Gasteiger partial charge is 0.0795 e. The van der Waals surface area contributed by atoms with Crippen LogP contribution in [0.2, 0.25) is 0 Å². The van der Waals surface area contributed by atoms with E-state index in [2.05, 4.69) is 39.2 Å². The Morgan fingerprint density at radius 1 is 1.29 bits per heavy atom. The maximum atomic E-state index is 4.30. The van der Waals surface area contributed by atoms with Gasteiger partial charge in [-0.05, 0) is 14.0 Å². The normalized spacial score (nSPS) is 12.9. The van der Waals surface area contributed by atoms with Crippen molar-refractivity contribution in [1.29, 1.82) is 0 Å². The van der Waals surface area contributed by atoms with Crippen molar-refractivity contribution < 1.29 is 0 Å². The zero-order valence-corrected chi connectivity index (χ0v) is 10.9. The number of aromatic nitrogens is 3. The molecule has 0 fully saturated rings. The first-order valence-corrected chi connectivity index (χ1v) is 6.52. The van der Waals surface area contributed by atoms with E-state index in [0.717, 1.165) is 24.4 Å². The van der Waals surface area contributed by atoms with Crippen molar-refractivity contribution in [3.05, 3.63) is 40.9 Å². The Labute approximate surface area is 105 Å². The summed E-state index contributed by atoms with van der Waals surface area (Å²) in [6.07, 6.45) is 6.18. The number of thiazole rings is 1. The second kappa shape index (κ2) is 5.84. The van der Waals surface area contributed by atoms with Crippen LogP contribution in [0, 0.1) is 0 Å². The van der Waals surface area contributed by atoms with Crippen LogP contribution in [0.3, 0.4) is 0 Å². The molecule has 17 heavy (non-hydrogen) atoms. The fourth-order valence-electron chi connectivity index (χ4n) is 1.62. The number of hydrogen-bond acceptors (Lipinski definition) is 5. The molecule has 4 nitrogen and oxygen atoms in total. The van der Waals surface area contributed by atoms with Crippen LogP contribution in [0.4, 0.5) is 0 Å². The molecule has 0 saturated carbocycles. The van der Waals surface area contributed by atoms with Crippen LogP contribution in [0.25, 0.3) is 0 Å². The number of hydrogen-bond donors (Lipinski definition) is 0. The van der Waals surface area contributed by atoms with E-state index in [1.165, 1.54) is 0 Å². The topological polar surface area (TPSA) is 41.9 Å². The molecular formula is C12H16N4S. The summed E-state index contributed by atoms with van der Waals surface area (Å²) in [6, 6.07) is 0.424. The predicted molar refractivity (Wildman–Crippen MR) is 68.8 cm³/mol. The third-order valence-electron chi connectivity index (χ3n) is 2.77. The minimum Gasteiger partial charge on any atom is -0.297 e. The van der Waals surface area contributed by atoms with Gasteiger partial charge < -0.3 is 0 Å². The summed E-state index contributed by atoms with van der Waals surface area (Å²) in [5, 5.41) is 2.09. The highest BCUT2D eigenvalue weighted by molar-refractivity contribution is 7.07. The summed E-state index contributed by atoms with van der Waals surface area (Å²) in [5.74, 6) is 0. The van der Waals surface area contributed by atoms with Gasteiger partial charge in [-0.3, -0.25) is 14.9 Å². The van der Waals surface area contributed by atoms with Gasteiger partial charge in [-0.1, -0.05) is 0 Å². The molecule has 0 aromatic carbocycles. The largest absolute Gasteiger partial charge is 0.297 e. The van der Waals surface area contributed by atoms with Gasteiger partial charge >= 0.3 is 0 Å². The van der Waals surface area contributed by atoms with Gasteiger partial charge in [-0.2, -0.15) is 0 Å². The first-order chi connectivity index (χ1) is 8.25. The Kier molecular flexibility index (Phi) is 4.17. The van der Waals surface area contributed by atoms with Crippen LogP contribution in [0.5, 0.6) is 0 Å². The standard InChI is InChI=1S/C12H16N4S/c1-10(5-11-6-13-3-4-14-11)16(2)7-12-8-17-9-15-12/h3-4,6,8-10H,5,7H2,1-2H3/t10-/m0/s1. The van der Waals surface area contributed by atoms with E-state index in [9.17, 15) is 0 Å². The van der Waals surface area contributed by atoms with Crippen molar-refractivity contribution in [1.82, 2.24) is 19.9 Å². The summed E-state index contributed by atoms with van der Waals surface area (Å²) >= 11 is 1.64. The van der Waals surface area contributed by atoms with Crippen molar-refractivity contribution in [3.63, 3.8) is 0 Å². The van der Waals surface area contributed by atoms with E-state index in [1.54, 1.807) is 23.7 Å². The lowest BCUT2D eigenvalue weighted by Gasteiger charge is -2.23. The molecule has 0 amide bonds. The van der Waals surface area contributed by atoms with Crippen molar-refractivity contribution >= 4 is 11.3 Å². The van der Waals surface area contributed by atoms with E-state index in [1.807, 2.05) is 11.7 Å². The van der Waals surface area contributed by atoms with Gasteiger partial charge in [0.1, 0.15) is 0 Å². The predicted octanol–water partition coefficient (Wildman–Crippen LogP) is 2.00. The Balaban J connectivity index is 1.89. The number of likely N-dealkylation sites (N-methyl/N-ethyl adjacent to an activating group) is 1. The van der Waals surface area contributed by atoms with Gasteiger partial charge in [0, 0.05) is 43.0 Å². The molecule has 0 aliphatic rings. The molecule has 90 valence electrons. The van der Waals surface area contributed by atoms with Crippen LogP contribution in [-0.2, 0) is 13.0 Å². The van der Waals surface area contributed by atoms with E-state index in [0.29, 0.717) is 6.04 Å². The minimum absolute atomic E-state index is 0.424. The molecule has 2 aromatic heterocycles. The lowest BCUT2D eigenvalue weighted by molar-refractivity contribution is 0.244.